The molecule has 3 unspecified atom stereocenters. The molecule has 3 atom stereocenters. The molecule has 2 aliphatic rings. The van der Waals surface area contributed by atoms with Crippen molar-refractivity contribution < 1.29 is 9.90 Å². The zero-order chi connectivity index (χ0) is 7.84. The number of hydrogen-bond donors (Lipinski definition) is 1. The summed E-state index contributed by atoms with van der Waals surface area (Å²) in [6, 6.07) is 0. The molecule has 2 bridgehead atoms. The first-order valence-corrected chi connectivity index (χ1v) is 4.17. The number of fused-ring (bicyclic) bond motifs is 2. The highest BCUT2D eigenvalue weighted by atomic mass is 16.3. The van der Waals surface area contributed by atoms with Gasteiger partial charge < -0.3 is 5.11 Å². The van der Waals surface area contributed by atoms with Crippen LogP contribution < -0.4 is 0 Å². The number of allylic oxidation sites excluding steroid dienone is 2. The molecule has 0 aromatic heterocycles. The van der Waals surface area contributed by atoms with Crippen LogP contribution in [0.4, 0.5) is 0 Å². The lowest BCUT2D eigenvalue weighted by molar-refractivity contribution is -0.124. The zero-order valence-electron chi connectivity index (χ0n) is 6.36. The lowest BCUT2D eigenvalue weighted by Gasteiger charge is -2.33. The predicted octanol–water partition coefficient (Wildman–Crippen LogP) is 0.902. The van der Waals surface area contributed by atoms with Crippen LogP contribution in [0.1, 0.15) is 19.3 Å². The average Bonchev–Trinajstić information content (AvgIpc) is 2.02. The maximum Gasteiger partial charge on any atom is 0.161 e. The quantitative estimate of drug-likeness (QED) is 0.560. The van der Waals surface area contributed by atoms with Crippen LogP contribution in [-0.4, -0.2) is 17.0 Å². The molecule has 2 heteroatoms. The van der Waals surface area contributed by atoms with Gasteiger partial charge in [-0.25, -0.2) is 0 Å². The highest BCUT2D eigenvalue weighted by Crippen LogP contribution is 2.34. The second-order valence-corrected chi connectivity index (χ2v) is 3.51. The molecule has 0 aromatic carbocycles. The van der Waals surface area contributed by atoms with E-state index in [4.69, 9.17) is 0 Å². The van der Waals surface area contributed by atoms with Crippen molar-refractivity contribution in [1.82, 2.24) is 0 Å². The van der Waals surface area contributed by atoms with Gasteiger partial charge in [-0.3, -0.25) is 4.79 Å². The van der Waals surface area contributed by atoms with Crippen LogP contribution in [0.15, 0.2) is 12.2 Å². The molecule has 0 radical (unpaired) electrons. The first-order valence-electron chi connectivity index (χ1n) is 4.17. The van der Waals surface area contributed by atoms with Crippen molar-refractivity contribution in [3.05, 3.63) is 12.2 Å². The molecule has 60 valence electrons. The lowest BCUT2D eigenvalue weighted by Crippen LogP contribution is -2.36. The number of aliphatic hydroxyl groups excluding tert-OH is 1. The van der Waals surface area contributed by atoms with Gasteiger partial charge in [-0.15, -0.1) is 0 Å². The maximum absolute atomic E-state index is 11.2. The summed E-state index contributed by atoms with van der Waals surface area (Å²) in [5.41, 5.74) is 0. The van der Waals surface area contributed by atoms with E-state index in [0.717, 1.165) is 19.3 Å². The van der Waals surface area contributed by atoms with Crippen LogP contribution in [0, 0.1) is 11.8 Å². The molecular formula is C9H12O2. The fourth-order valence-electron chi connectivity index (χ4n) is 2.02. The van der Waals surface area contributed by atoms with E-state index in [1.165, 1.54) is 0 Å². The molecule has 1 fully saturated rings. The third-order valence-electron chi connectivity index (χ3n) is 2.75. The zero-order valence-corrected chi connectivity index (χ0v) is 6.36. The standard InChI is InChI=1S/C9H12O2/c10-8-3-1-6-2-4-9(11)7(8)5-6/h1,3,6-7,9,11H,2,4-5H2. The Bertz CT molecular complexity index is 208. The van der Waals surface area contributed by atoms with Crippen molar-refractivity contribution in [2.24, 2.45) is 11.8 Å². The molecule has 0 aliphatic heterocycles. The van der Waals surface area contributed by atoms with E-state index in [0.29, 0.717) is 5.92 Å². The third kappa shape index (κ3) is 1.11. The SMILES string of the molecule is O=C1C=CC2CCC(O)C1C2. The van der Waals surface area contributed by atoms with Crippen LogP contribution in [0.5, 0.6) is 0 Å². The Morgan fingerprint density at radius 1 is 1.45 bits per heavy atom. The molecule has 1 saturated carbocycles. The normalized spacial score (nSPS) is 42.6. The summed E-state index contributed by atoms with van der Waals surface area (Å²) >= 11 is 0. The summed E-state index contributed by atoms with van der Waals surface area (Å²) in [4.78, 5) is 11.2. The first-order chi connectivity index (χ1) is 5.27. The summed E-state index contributed by atoms with van der Waals surface area (Å²) in [6.45, 7) is 0. The van der Waals surface area contributed by atoms with Gasteiger partial charge in [0.25, 0.3) is 0 Å². The number of rotatable bonds is 0. The molecule has 0 amide bonds. The Morgan fingerprint density at radius 2 is 2.27 bits per heavy atom. The first kappa shape index (κ1) is 7.04. The van der Waals surface area contributed by atoms with Gasteiger partial charge in [0.15, 0.2) is 5.78 Å². The molecule has 2 rings (SSSR count). The van der Waals surface area contributed by atoms with Gasteiger partial charge in [-0.1, -0.05) is 6.08 Å². The molecule has 0 saturated heterocycles. The number of carbonyl (C=O) groups excluding carboxylic acids is 1. The van der Waals surface area contributed by atoms with Gasteiger partial charge in [0.1, 0.15) is 0 Å². The van der Waals surface area contributed by atoms with Crippen LogP contribution in [-0.2, 0) is 4.79 Å². The van der Waals surface area contributed by atoms with Crippen molar-refractivity contribution in [3.8, 4) is 0 Å². The minimum Gasteiger partial charge on any atom is -0.392 e. The van der Waals surface area contributed by atoms with Gasteiger partial charge in [0, 0.05) is 5.92 Å². The fourth-order valence-corrected chi connectivity index (χ4v) is 2.02. The van der Waals surface area contributed by atoms with E-state index in [-0.39, 0.29) is 17.8 Å². The highest BCUT2D eigenvalue weighted by Gasteiger charge is 2.34. The summed E-state index contributed by atoms with van der Waals surface area (Å²) < 4.78 is 0. The Hall–Kier alpha value is -0.630. The molecule has 0 heterocycles. The van der Waals surface area contributed by atoms with E-state index in [1.54, 1.807) is 6.08 Å². The van der Waals surface area contributed by atoms with E-state index in [1.807, 2.05) is 6.08 Å². The molecule has 11 heavy (non-hydrogen) atoms. The Kier molecular flexibility index (Phi) is 1.57. The van der Waals surface area contributed by atoms with Crippen molar-refractivity contribution in [3.63, 3.8) is 0 Å². The van der Waals surface area contributed by atoms with E-state index in [9.17, 15) is 9.90 Å². The minimum atomic E-state index is -0.372. The van der Waals surface area contributed by atoms with Crippen molar-refractivity contribution in [2.75, 3.05) is 0 Å². The number of carbonyl (C=O) groups is 1. The maximum atomic E-state index is 11.2. The molecule has 0 spiro atoms. The van der Waals surface area contributed by atoms with E-state index in [2.05, 4.69) is 0 Å². The van der Waals surface area contributed by atoms with Crippen LogP contribution >= 0.6 is 0 Å². The van der Waals surface area contributed by atoms with Gasteiger partial charge in [0.2, 0.25) is 0 Å². The van der Waals surface area contributed by atoms with Crippen LogP contribution in [0.25, 0.3) is 0 Å². The Balaban J connectivity index is 2.23. The van der Waals surface area contributed by atoms with Crippen molar-refractivity contribution >= 4 is 5.78 Å². The minimum absolute atomic E-state index is 0.0845. The van der Waals surface area contributed by atoms with Crippen LogP contribution in [0.2, 0.25) is 0 Å². The van der Waals surface area contributed by atoms with Crippen molar-refractivity contribution in [2.45, 2.75) is 25.4 Å². The summed E-state index contributed by atoms with van der Waals surface area (Å²) in [6.07, 6.45) is 5.97. The molecule has 0 aromatic rings. The van der Waals surface area contributed by atoms with Crippen molar-refractivity contribution in [1.29, 1.82) is 0 Å². The summed E-state index contributed by atoms with van der Waals surface area (Å²) in [5, 5.41) is 9.44. The van der Waals surface area contributed by atoms with Gasteiger partial charge in [0.05, 0.1) is 6.10 Å². The second-order valence-electron chi connectivity index (χ2n) is 3.51. The molecule has 2 nitrogen and oxygen atoms in total. The lowest BCUT2D eigenvalue weighted by atomic mass is 9.74. The molecule has 1 N–H and O–H groups in total. The Morgan fingerprint density at radius 3 is 3.00 bits per heavy atom. The predicted molar refractivity (Wildman–Crippen MR) is 41.0 cm³/mol. The number of hydrogen-bond acceptors (Lipinski definition) is 2. The Labute approximate surface area is 65.9 Å². The average molecular weight is 152 g/mol. The van der Waals surface area contributed by atoms with Crippen LogP contribution in [0.3, 0.4) is 0 Å². The third-order valence-corrected chi connectivity index (χ3v) is 2.75. The summed E-state index contributed by atoms with van der Waals surface area (Å²) in [5.74, 6) is 0.591. The van der Waals surface area contributed by atoms with Gasteiger partial charge >= 0.3 is 0 Å². The van der Waals surface area contributed by atoms with E-state index < -0.39 is 0 Å². The highest BCUT2D eigenvalue weighted by molar-refractivity contribution is 5.93. The summed E-state index contributed by atoms with van der Waals surface area (Å²) in [7, 11) is 0. The fraction of sp³-hybridized carbons (Fsp3) is 0.667. The largest absolute Gasteiger partial charge is 0.392 e. The van der Waals surface area contributed by atoms with E-state index >= 15 is 0 Å². The molecule has 2 aliphatic carbocycles. The number of aliphatic hydroxyl groups is 1. The number of ketones is 1. The molecular weight excluding hydrogens is 140 g/mol. The van der Waals surface area contributed by atoms with Gasteiger partial charge in [-0.05, 0) is 31.3 Å². The monoisotopic (exact) mass is 152 g/mol. The topological polar surface area (TPSA) is 37.3 Å². The smallest absolute Gasteiger partial charge is 0.161 e. The van der Waals surface area contributed by atoms with Gasteiger partial charge in [-0.2, -0.15) is 0 Å². The second kappa shape index (κ2) is 2.45.